The summed E-state index contributed by atoms with van der Waals surface area (Å²) in [5.74, 6) is -0.403. The van der Waals surface area contributed by atoms with E-state index < -0.39 is 25.5 Å². The van der Waals surface area contributed by atoms with Crippen LogP contribution in [0.15, 0.2) is 24.3 Å². The molecule has 26 heavy (non-hydrogen) atoms. The van der Waals surface area contributed by atoms with E-state index >= 15 is 0 Å². The van der Waals surface area contributed by atoms with Crippen molar-refractivity contribution in [2.45, 2.75) is 39.1 Å². The molecule has 8 heteroatoms. The summed E-state index contributed by atoms with van der Waals surface area (Å²) < 4.78 is 39.9. The van der Waals surface area contributed by atoms with Crippen LogP contribution < -0.4 is 0 Å². The van der Waals surface area contributed by atoms with Crippen LogP contribution in [-0.4, -0.2) is 46.3 Å². The predicted molar refractivity (Wildman–Crippen MR) is 98.4 cm³/mol. The van der Waals surface area contributed by atoms with Crippen molar-refractivity contribution in [1.82, 2.24) is 0 Å². The third-order valence-corrected chi connectivity index (χ3v) is 6.26. The first kappa shape index (κ1) is 22.8. The van der Waals surface area contributed by atoms with Crippen molar-refractivity contribution < 1.29 is 32.6 Å². The average molecular weight is 388 g/mol. The molecule has 0 saturated carbocycles. The molecule has 0 amide bonds. The minimum absolute atomic E-state index is 0.249. The van der Waals surface area contributed by atoms with Crippen LogP contribution in [-0.2, 0) is 27.8 Å². The number of carbonyl (C=O) groups is 1. The Kier molecular flexibility index (Phi) is 10.1. The Morgan fingerprint density at radius 1 is 0.962 bits per heavy atom. The fourth-order valence-corrected chi connectivity index (χ4v) is 4.67. The van der Waals surface area contributed by atoms with E-state index in [9.17, 15) is 9.36 Å². The molecule has 1 aromatic carbocycles. The summed E-state index contributed by atoms with van der Waals surface area (Å²) in [6.45, 7) is 6.07. The Hall–Kier alpha value is -1.24. The lowest BCUT2D eigenvalue weighted by Gasteiger charge is -2.29. The highest BCUT2D eigenvalue weighted by molar-refractivity contribution is 7.54. The van der Waals surface area contributed by atoms with E-state index in [1.165, 1.54) is 14.2 Å². The highest BCUT2D eigenvalue weighted by Gasteiger charge is 2.38. The zero-order valence-corrected chi connectivity index (χ0v) is 17.0. The second-order valence-electron chi connectivity index (χ2n) is 5.37. The number of rotatable bonds is 12. The zero-order chi connectivity index (χ0) is 19.6. The van der Waals surface area contributed by atoms with Gasteiger partial charge in [-0.3, -0.25) is 4.57 Å². The van der Waals surface area contributed by atoms with E-state index in [4.69, 9.17) is 23.3 Å². The van der Waals surface area contributed by atoms with Crippen molar-refractivity contribution in [2.75, 3.05) is 34.0 Å². The summed E-state index contributed by atoms with van der Waals surface area (Å²) >= 11 is 0. The van der Waals surface area contributed by atoms with Crippen LogP contribution in [0.1, 0.15) is 48.8 Å². The number of hydrogen-bond acceptors (Lipinski definition) is 7. The van der Waals surface area contributed by atoms with Crippen molar-refractivity contribution >= 4 is 13.6 Å². The van der Waals surface area contributed by atoms with E-state index in [1.807, 2.05) is 0 Å². The van der Waals surface area contributed by atoms with Crippen molar-refractivity contribution in [1.29, 1.82) is 0 Å². The standard InChI is InChI=1S/C18H29O7P/c1-6-23-18(19)15-11-9-14(10-12-15)16(13-17(21-4)22-5)26(20,24-7-2)25-8-3/h9-12,16-17H,6-8,13H2,1-5H3. The minimum Gasteiger partial charge on any atom is -0.462 e. The molecule has 1 atom stereocenters. The third-order valence-electron chi connectivity index (χ3n) is 3.75. The van der Waals surface area contributed by atoms with Gasteiger partial charge in [-0.05, 0) is 38.5 Å². The Morgan fingerprint density at radius 2 is 1.50 bits per heavy atom. The Bertz CT molecular complexity index is 574. The maximum absolute atomic E-state index is 13.4. The largest absolute Gasteiger partial charge is 0.462 e. The monoisotopic (exact) mass is 388 g/mol. The lowest BCUT2D eigenvalue weighted by molar-refractivity contribution is -0.107. The summed E-state index contributed by atoms with van der Waals surface area (Å²) in [5, 5.41) is 0. The molecule has 0 aliphatic carbocycles. The maximum Gasteiger partial charge on any atom is 0.338 e. The van der Waals surface area contributed by atoms with Gasteiger partial charge in [0.1, 0.15) is 0 Å². The molecule has 0 spiro atoms. The Balaban J connectivity index is 3.22. The van der Waals surface area contributed by atoms with E-state index in [-0.39, 0.29) is 19.6 Å². The lowest BCUT2D eigenvalue weighted by atomic mass is 10.1. The predicted octanol–water partition coefficient (Wildman–Crippen LogP) is 4.18. The molecule has 0 radical (unpaired) electrons. The Morgan fingerprint density at radius 3 is 1.92 bits per heavy atom. The van der Waals surface area contributed by atoms with Crippen LogP contribution in [0.2, 0.25) is 0 Å². The van der Waals surface area contributed by atoms with Gasteiger partial charge in [-0.15, -0.1) is 0 Å². The average Bonchev–Trinajstić information content (AvgIpc) is 2.63. The van der Waals surface area contributed by atoms with Gasteiger partial charge in [-0.1, -0.05) is 12.1 Å². The molecule has 0 fully saturated rings. The molecular formula is C18H29O7P. The van der Waals surface area contributed by atoms with E-state index in [0.29, 0.717) is 17.7 Å². The molecule has 148 valence electrons. The van der Waals surface area contributed by atoms with Gasteiger partial charge < -0.3 is 23.3 Å². The zero-order valence-electron chi connectivity index (χ0n) is 16.1. The van der Waals surface area contributed by atoms with Crippen LogP contribution >= 0.6 is 7.60 Å². The second kappa shape index (κ2) is 11.5. The molecule has 0 aliphatic rings. The van der Waals surface area contributed by atoms with Crippen molar-refractivity contribution in [2.24, 2.45) is 0 Å². The van der Waals surface area contributed by atoms with E-state index in [2.05, 4.69) is 0 Å². The van der Waals surface area contributed by atoms with Crippen LogP contribution in [0.25, 0.3) is 0 Å². The quantitative estimate of drug-likeness (QED) is 0.302. The fourth-order valence-electron chi connectivity index (χ4n) is 2.55. The third kappa shape index (κ3) is 6.18. The van der Waals surface area contributed by atoms with Gasteiger partial charge >= 0.3 is 13.6 Å². The molecule has 1 rings (SSSR count). The first-order valence-corrected chi connectivity index (χ1v) is 10.3. The van der Waals surface area contributed by atoms with Crippen molar-refractivity contribution in [3.8, 4) is 0 Å². The van der Waals surface area contributed by atoms with Crippen molar-refractivity contribution in [3.05, 3.63) is 35.4 Å². The van der Waals surface area contributed by atoms with Crippen LogP contribution in [0.3, 0.4) is 0 Å². The molecule has 0 aromatic heterocycles. The van der Waals surface area contributed by atoms with E-state index in [0.717, 1.165) is 0 Å². The molecule has 7 nitrogen and oxygen atoms in total. The summed E-state index contributed by atoms with van der Waals surface area (Å²) in [5.41, 5.74) is 0.540. The van der Waals surface area contributed by atoms with Crippen LogP contribution in [0, 0.1) is 0 Å². The maximum atomic E-state index is 13.4. The highest BCUT2D eigenvalue weighted by atomic mass is 31.2. The number of esters is 1. The van der Waals surface area contributed by atoms with Gasteiger partial charge in [0.2, 0.25) is 0 Å². The first-order chi connectivity index (χ1) is 12.4. The summed E-state index contributed by atoms with van der Waals surface area (Å²) in [7, 11) is -0.429. The van der Waals surface area contributed by atoms with Gasteiger partial charge in [0.25, 0.3) is 0 Å². The van der Waals surface area contributed by atoms with Crippen LogP contribution in [0.5, 0.6) is 0 Å². The summed E-state index contributed by atoms with van der Waals surface area (Å²) in [4.78, 5) is 11.8. The number of ether oxygens (including phenoxy) is 3. The molecule has 0 heterocycles. The SMILES string of the molecule is CCOC(=O)c1ccc(C(CC(OC)OC)P(=O)(OCC)OCC)cc1. The minimum atomic E-state index is -3.46. The molecule has 0 saturated heterocycles. The topological polar surface area (TPSA) is 80.3 Å². The molecule has 0 bridgehead atoms. The highest BCUT2D eigenvalue weighted by Crippen LogP contribution is 2.62. The normalized spacial score (nSPS) is 13.0. The van der Waals surface area contributed by atoms with Gasteiger partial charge in [-0.25, -0.2) is 4.79 Å². The first-order valence-electron chi connectivity index (χ1n) is 8.67. The van der Waals surface area contributed by atoms with Gasteiger partial charge in [0.15, 0.2) is 6.29 Å². The van der Waals surface area contributed by atoms with E-state index in [1.54, 1.807) is 45.0 Å². The molecule has 0 aliphatic heterocycles. The number of carbonyl (C=O) groups excluding carboxylic acids is 1. The Labute approximate surface area is 155 Å². The number of hydrogen-bond donors (Lipinski definition) is 0. The molecule has 0 N–H and O–H groups in total. The second-order valence-corrected chi connectivity index (χ2v) is 7.59. The van der Waals surface area contributed by atoms with Gasteiger partial charge in [0, 0.05) is 20.6 Å². The molecule has 1 aromatic rings. The molecular weight excluding hydrogens is 359 g/mol. The van der Waals surface area contributed by atoms with Crippen LogP contribution in [0.4, 0.5) is 0 Å². The molecule has 1 unspecified atom stereocenters. The number of benzene rings is 1. The fraction of sp³-hybridized carbons (Fsp3) is 0.611. The lowest BCUT2D eigenvalue weighted by Crippen LogP contribution is -2.19. The van der Waals surface area contributed by atoms with Gasteiger partial charge in [-0.2, -0.15) is 0 Å². The number of methoxy groups -OCH3 is 2. The smallest absolute Gasteiger partial charge is 0.338 e. The summed E-state index contributed by atoms with van der Waals surface area (Å²) in [6, 6.07) is 6.72. The van der Waals surface area contributed by atoms with Gasteiger partial charge in [0.05, 0.1) is 31.0 Å². The van der Waals surface area contributed by atoms with Crippen molar-refractivity contribution in [3.63, 3.8) is 0 Å². The summed E-state index contributed by atoms with van der Waals surface area (Å²) in [6.07, 6.45) is -0.290.